The molecule has 1 heterocycles. The lowest BCUT2D eigenvalue weighted by atomic mass is 9.98. The van der Waals surface area contributed by atoms with Crippen LogP contribution in [-0.2, 0) is 5.88 Å². The van der Waals surface area contributed by atoms with Crippen molar-refractivity contribution >= 4 is 11.6 Å². The van der Waals surface area contributed by atoms with Gasteiger partial charge in [-0.2, -0.15) is 0 Å². The first-order chi connectivity index (χ1) is 7.33. The average Bonchev–Trinajstić information content (AvgIpc) is 2.30. The second-order valence-electron chi connectivity index (χ2n) is 3.48. The van der Waals surface area contributed by atoms with Crippen LogP contribution in [0.5, 0.6) is 0 Å². The number of hydrogen-bond acceptors (Lipinski definition) is 1. The fourth-order valence-corrected chi connectivity index (χ4v) is 1.88. The zero-order valence-electron chi connectivity index (χ0n) is 8.57. The van der Waals surface area contributed by atoms with Crippen LogP contribution < -0.4 is 0 Å². The van der Waals surface area contributed by atoms with Gasteiger partial charge in [0.15, 0.2) is 0 Å². The summed E-state index contributed by atoms with van der Waals surface area (Å²) in [5.74, 6) is 0.498. The van der Waals surface area contributed by atoms with Crippen molar-refractivity contribution in [3.05, 3.63) is 53.9 Å². The number of pyridine rings is 1. The van der Waals surface area contributed by atoms with Crippen LogP contribution in [-0.4, -0.2) is 4.98 Å². The van der Waals surface area contributed by atoms with Crippen LogP contribution in [0.1, 0.15) is 11.1 Å². The van der Waals surface area contributed by atoms with E-state index in [-0.39, 0.29) is 0 Å². The Bertz CT molecular complexity index is 466. The highest BCUT2D eigenvalue weighted by Gasteiger charge is 2.05. The number of aromatic nitrogens is 1. The monoisotopic (exact) mass is 217 g/mol. The quantitative estimate of drug-likeness (QED) is 0.698. The van der Waals surface area contributed by atoms with Crippen LogP contribution in [0.3, 0.4) is 0 Å². The number of alkyl halides is 1. The Labute approximate surface area is 94.7 Å². The molecule has 0 fully saturated rings. The lowest BCUT2D eigenvalue weighted by Crippen LogP contribution is -1.89. The SMILES string of the molecule is Cc1ccccc1-c1ccncc1CCl. The Hall–Kier alpha value is -1.34. The summed E-state index contributed by atoms with van der Waals surface area (Å²) < 4.78 is 0. The van der Waals surface area contributed by atoms with Gasteiger partial charge in [0, 0.05) is 18.3 Å². The molecule has 76 valence electrons. The zero-order chi connectivity index (χ0) is 10.7. The van der Waals surface area contributed by atoms with Crippen LogP contribution in [0.2, 0.25) is 0 Å². The molecule has 15 heavy (non-hydrogen) atoms. The molecule has 2 rings (SSSR count). The van der Waals surface area contributed by atoms with E-state index in [0.717, 1.165) is 5.56 Å². The largest absolute Gasteiger partial charge is 0.264 e. The van der Waals surface area contributed by atoms with Crippen LogP contribution in [0.15, 0.2) is 42.7 Å². The molecular weight excluding hydrogens is 206 g/mol. The van der Waals surface area contributed by atoms with Crippen LogP contribution in [0.25, 0.3) is 11.1 Å². The molecule has 1 aromatic carbocycles. The van der Waals surface area contributed by atoms with Crippen molar-refractivity contribution in [3.63, 3.8) is 0 Å². The molecule has 0 spiro atoms. The van der Waals surface area contributed by atoms with Crippen molar-refractivity contribution in [2.75, 3.05) is 0 Å². The molecular formula is C13H12ClN. The third-order valence-corrected chi connectivity index (χ3v) is 2.77. The van der Waals surface area contributed by atoms with Crippen LogP contribution in [0.4, 0.5) is 0 Å². The molecule has 1 aromatic heterocycles. The lowest BCUT2D eigenvalue weighted by molar-refractivity contribution is 1.24. The van der Waals surface area contributed by atoms with Crippen molar-refractivity contribution < 1.29 is 0 Å². The maximum Gasteiger partial charge on any atom is 0.0495 e. The second-order valence-corrected chi connectivity index (χ2v) is 3.75. The molecule has 0 amide bonds. The fraction of sp³-hybridized carbons (Fsp3) is 0.154. The minimum Gasteiger partial charge on any atom is -0.264 e. The Morgan fingerprint density at radius 3 is 2.67 bits per heavy atom. The molecule has 0 bridgehead atoms. The van der Waals surface area contributed by atoms with E-state index in [0.29, 0.717) is 5.88 Å². The summed E-state index contributed by atoms with van der Waals surface area (Å²) >= 11 is 5.89. The highest BCUT2D eigenvalue weighted by molar-refractivity contribution is 6.17. The van der Waals surface area contributed by atoms with Crippen molar-refractivity contribution in [3.8, 4) is 11.1 Å². The summed E-state index contributed by atoms with van der Waals surface area (Å²) in [6.07, 6.45) is 3.63. The molecule has 0 aliphatic heterocycles. The topological polar surface area (TPSA) is 12.9 Å². The average molecular weight is 218 g/mol. The zero-order valence-corrected chi connectivity index (χ0v) is 9.33. The maximum absolute atomic E-state index is 5.89. The normalized spacial score (nSPS) is 10.3. The standard InChI is InChI=1S/C13H12ClN/c1-10-4-2-3-5-12(10)13-6-7-15-9-11(13)8-14/h2-7,9H,8H2,1H3. The summed E-state index contributed by atoms with van der Waals surface area (Å²) in [5.41, 5.74) is 4.75. The Morgan fingerprint density at radius 1 is 1.13 bits per heavy atom. The van der Waals surface area contributed by atoms with Gasteiger partial charge in [0.25, 0.3) is 0 Å². The third kappa shape index (κ3) is 2.02. The lowest BCUT2D eigenvalue weighted by Gasteiger charge is -2.09. The first-order valence-electron chi connectivity index (χ1n) is 4.88. The molecule has 1 nitrogen and oxygen atoms in total. The number of benzene rings is 1. The molecule has 0 saturated carbocycles. The Kier molecular flexibility index (Phi) is 3.02. The highest BCUT2D eigenvalue weighted by atomic mass is 35.5. The molecule has 2 heteroatoms. The molecule has 0 unspecified atom stereocenters. The van der Waals surface area contributed by atoms with E-state index in [9.17, 15) is 0 Å². The predicted octanol–water partition coefficient (Wildman–Crippen LogP) is 3.80. The van der Waals surface area contributed by atoms with Gasteiger partial charge in [-0.15, -0.1) is 11.6 Å². The molecule has 0 N–H and O–H groups in total. The second kappa shape index (κ2) is 4.45. The molecule has 0 aliphatic carbocycles. The Balaban J connectivity index is 2.59. The van der Waals surface area contributed by atoms with Gasteiger partial charge in [-0.05, 0) is 35.2 Å². The molecule has 2 aromatic rings. The molecule has 0 saturated heterocycles. The minimum absolute atomic E-state index is 0.498. The summed E-state index contributed by atoms with van der Waals surface area (Å²) in [6, 6.07) is 10.3. The number of halogens is 1. The van der Waals surface area contributed by atoms with E-state index in [1.165, 1.54) is 16.7 Å². The van der Waals surface area contributed by atoms with Crippen molar-refractivity contribution in [2.24, 2.45) is 0 Å². The summed E-state index contributed by atoms with van der Waals surface area (Å²) in [5, 5.41) is 0. The van der Waals surface area contributed by atoms with E-state index < -0.39 is 0 Å². The van der Waals surface area contributed by atoms with E-state index in [2.05, 4.69) is 24.0 Å². The smallest absolute Gasteiger partial charge is 0.0495 e. The van der Waals surface area contributed by atoms with Crippen LogP contribution >= 0.6 is 11.6 Å². The van der Waals surface area contributed by atoms with E-state index >= 15 is 0 Å². The van der Waals surface area contributed by atoms with Crippen molar-refractivity contribution in [2.45, 2.75) is 12.8 Å². The summed E-state index contributed by atoms with van der Waals surface area (Å²) in [4.78, 5) is 4.09. The highest BCUT2D eigenvalue weighted by Crippen LogP contribution is 2.26. The van der Waals surface area contributed by atoms with Crippen molar-refractivity contribution in [1.82, 2.24) is 4.98 Å². The molecule has 0 atom stereocenters. The first-order valence-corrected chi connectivity index (χ1v) is 5.41. The minimum atomic E-state index is 0.498. The van der Waals surface area contributed by atoms with Gasteiger partial charge in [-0.1, -0.05) is 24.3 Å². The van der Waals surface area contributed by atoms with Crippen molar-refractivity contribution in [1.29, 1.82) is 0 Å². The van der Waals surface area contributed by atoms with Gasteiger partial charge in [0.05, 0.1) is 0 Å². The van der Waals surface area contributed by atoms with Gasteiger partial charge in [0.1, 0.15) is 0 Å². The van der Waals surface area contributed by atoms with Crippen LogP contribution in [0, 0.1) is 6.92 Å². The third-order valence-electron chi connectivity index (χ3n) is 2.48. The van der Waals surface area contributed by atoms with E-state index in [1.54, 1.807) is 6.20 Å². The summed E-state index contributed by atoms with van der Waals surface area (Å²) in [7, 11) is 0. The predicted molar refractivity (Wildman–Crippen MR) is 64.0 cm³/mol. The fourth-order valence-electron chi connectivity index (χ4n) is 1.67. The number of hydrogen-bond donors (Lipinski definition) is 0. The van der Waals surface area contributed by atoms with E-state index in [1.807, 2.05) is 24.4 Å². The molecule has 0 radical (unpaired) electrons. The number of aryl methyl sites for hydroxylation is 1. The Morgan fingerprint density at radius 2 is 1.93 bits per heavy atom. The van der Waals surface area contributed by atoms with Gasteiger partial charge in [-0.3, -0.25) is 4.98 Å². The van der Waals surface area contributed by atoms with Gasteiger partial charge in [-0.25, -0.2) is 0 Å². The molecule has 0 aliphatic rings. The van der Waals surface area contributed by atoms with Gasteiger partial charge < -0.3 is 0 Å². The number of nitrogens with zero attached hydrogens (tertiary/aromatic N) is 1. The van der Waals surface area contributed by atoms with Gasteiger partial charge >= 0.3 is 0 Å². The maximum atomic E-state index is 5.89. The summed E-state index contributed by atoms with van der Waals surface area (Å²) in [6.45, 7) is 2.10. The van der Waals surface area contributed by atoms with Gasteiger partial charge in [0.2, 0.25) is 0 Å². The van der Waals surface area contributed by atoms with E-state index in [4.69, 9.17) is 11.6 Å². The first kappa shape index (κ1) is 10.2. The number of rotatable bonds is 2.